The maximum atomic E-state index is 12.5. The molecule has 1 unspecified atom stereocenters. The molecule has 5 nitrogen and oxygen atoms in total. The van der Waals surface area contributed by atoms with E-state index < -0.39 is 0 Å². The maximum Gasteiger partial charge on any atom is 0.253 e. The van der Waals surface area contributed by atoms with Gasteiger partial charge in [0.15, 0.2) is 0 Å². The van der Waals surface area contributed by atoms with Crippen LogP contribution in [0, 0.1) is 5.92 Å². The number of nitrogens with two attached hydrogens (primary N) is 1. The minimum absolute atomic E-state index is 0.0118. The Balaban J connectivity index is 2.10. The Kier molecular flexibility index (Phi) is 4.84. The molecule has 0 aliphatic carbocycles. The second-order valence-corrected chi connectivity index (χ2v) is 5.03. The van der Waals surface area contributed by atoms with Crippen LogP contribution in [0.15, 0.2) is 18.2 Å². The Morgan fingerprint density at radius 2 is 2.35 bits per heavy atom. The van der Waals surface area contributed by atoms with Crippen LogP contribution in [0.4, 0.5) is 5.69 Å². The van der Waals surface area contributed by atoms with Gasteiger partial charge in [0.25, 0.3) is 5.91 Å². The summed E-state index contributed by atoms with van der Waals surface area (Å²) < 4.78 is 10.5. The Hall–Kier alpha value is -1.75. The Labute approximate surface area is 119 Å². The molecule has 2 rings (SSSR count). The van der Waals surface area contributed by atoms with Crippen LogP contribution in [0.25, 0.3) is 0 Å². The number of amides is 1. The fourth-order valence-corrected chi connectivity index (χ4v) is 2.42. The van der Waals surface area contributed by atoms with E-state index in [4.69, 9.17) is 15.2 Å². The molecular formula is C15H22N2O3. The zero-order valence-electron chi connectivity index (χ0n) is 12.1. The highest BCUT2D eigenvalue weighted by Crippen LogP contribution is 2.23. The highest BCUT2D eigenvalue weighted by molar-refractivity contribution is 5.95. The zero-order valence-corrected chi connectivity index (χ0v) is 12.1. The highest BCUT2D eigenvalue weighted by Gasteiger charge is 2.22. The standard InChI is InChI=1S/C15H22N2O3/c1-3-17(9-11-6-7-20-10-11)15(18)12-4-5-13(16)14(8-12)19-2/h4-5,8,11H,3,6-7,9-10,16H2,1-2H3. The predicted octanol–water partition coefficient (Wildman–Crippen LogP) is 1.78. The number of benzene rings is 1. The molecule has 2 N–H and O–H groups in total. The minimum atomic E-state index is 0.0118. The summed E-state index contributed by atoms with van der Waals surface area (Å²) >= 11 is 0. The third kappa shape index (κ3) is 3.22. The molecule has 1 aliphatic heterocycles. The topological polar surface area (TPSA) is 64.8 Å². The van der Waals surface area contributed by atoms with Crippen LogP contribution in [0.5, 0.6) is 5.75 Å². The third-order valence-electron chi connectivity index (χ3n) is 3.65. The number of nitrogen functional groups attached to an aromatic ring is 1. The smallest absolute Gasteiger partial charge is 0.253 e. The summed E-state index contributed by atoms with van der Waals surface area (Å²) in [7, 11) is 1.55. The van der Waals surface area contributed by atoms with E-state index in [0.717, 1.165) is 26.2 Å². The van der Waals surface area contributed by atoms with Gasteiger partial charge in [-0.15, -0.1) is 0 Å². The second kappa shape index (κ2) is 6.61. The number of carbonyl (C=O) groups excluding carboxylic acids is 1. The summed E-state index contributed by atoms with van der Waals surface area (Å²) in [6.45, 7) is 4.95. The lowest BCUT2D eigenvalue weighted by atomic mass is 10.1. The molecule has 0 radical (unpaired) electrons. The number of carbonyl (C=O) groups is 1. The molecule has 1 heterocycles. The van der Waals surface area contributed by atoms with Gasteiger partial charge in [-0.2, -0.15) is 0 Å². The molecule has 20 heavy (non-hydrogen) atoms. The lowest BCUT2D eigenvalue weighted by molar-refractivity contribution is 0.0730. The average Bonchev–Trinajstić information content (AvgIpc) is 2.97. The van der Waals surface area contributed by atoms with Crippen molar-refractivity contribution in [1.29, 1.82) is 0 Å². The van der Waals surface area contributed by atoms with Crippen molar-refractivity contribution in [3.05, 3.63) is 23.8 Å². The van der Waals surface area contributed by atoms with E-state index in [9.17, 15) is 4.79 Å². The van der Waals surface area contributed by atoms with E-state index >= 15 is 0 Å². The summed E-state index contributed by atoms with van der Waals surface area (Å²) in [6.07, 6.45) is 1.02. The highest BCUT2D eigenvalue weighted by atomic mass is 16.5. The Morgan fingerprint density at radius 1 is 1.55 bits per heavy atom. The van der Waals surface area contributed by atoms with E-state index in [0.29, 0.717) is 29.5 Å². The largest absolute Gasteiger partial charge is 0.495 e. The monoisotopic (exact) mass is 278 g/mol. The molecule has 1 fully saturated rings. The summed E-state index contributed by atoms with van der Waals surface area (Å²) in [4.78, 5) is 14.4. The predicted molar refractivity (Wildman–Crippen MR) is 77.9 cm³/mol. The van der Waals surface area contributed by atoms with E-state index in [1.54, 1.807) is 25.3 Å². The molecule has 1 aliphatic rings. The van der Waals surface area contributed by atoms with Crippen molar-refractivity contribution in [3.63, 3.8) is 0 Å². The van der Waals surface area contributed by atoms with Crippen molar-refractivity contribution in [2.24, 2.45) is 5.92 Å². The molecule has 5 heteroatoms. The number of rotatable bonds is 5. The molecule has 1 saturated heterocycles. The van der Waals surface area contributed by atoms with Gasteiger partial charge in [-0.3, -0.25) is 4.79 Å². The van der Waals surface area contributed by atoms with Crippen LogP contribution < -0.4 is 10.5 Å². The quantitative estimate of drug-likeness (QED) is 0.834. The Morgan fingerprint density at radius 3 is 2.95 bits per heavy atom. The molecule has 1 aromatic carbocycles. The fraction of sp³-hybridized carbons (Fsp3) is 0.533. The molecule has 0 spiro atoms. The zero-order chi connectivity index (χ0) is 14.5. The van der Waals surface area contributed by atoms with Gasteiger partial charge in [-0.1, -0.05) is 0 Å². The van der Waals surface area contributed by atoms with Gasteiger partial charge in [0.2, 0.25) is 0 Å². The molecule has 0 bridgehead atoms. The second-order valence-electron chi connectivity index (χ2n) is 5.03. The SMILES string of the molecule is CCN(CC1CCOC1)C(=O)c1ccc(N)c(OC)c1. The fourth-order valence-electron chi connectivity index (χ4n) is 2.42. The molecule has 110 valence electrons. The van der Waals surface area contributed by atoms with Crippen molar-refractivity contribution < 1.29 is 14.3 Å². The first-order valence-corrected chi connectivity index (χ1v) is 6.96. The van der Waals surface area contributed by atoms with Crippen molar-refractivity contribution in [1.82, 2.24) is 4.90 Å². The van der Waals surface area contributed by atoms with Gasteiger partial charge in [0.05, 0.1) is 19.4 Å². The summed E-state index contributed by atoms with van der Waals surface area (Å²) in [5.74, 6) is 0.989. The number of hydrogen-bond acceptors (Lipinski definition) is 4. The molecule has 1 aromatic rings. The summed E-state index contributed by atoms with van der Waals surface area (Å²) in [5, 5.41) is 0. The number of ether oxygens (including phenoxy) is 2. The molecule has 0 saturated carbocycles. The Bertz CT molecular complexity index is 470. The lowest BCUT2D eigenvalue weighted by Gasteiger charge is -2.24. The average molecular weight is 278 g/mol. The van der Waals surface area contributed by atoms with Crippen molar-refractivity contribution in [2.75, 3.05) is 39.1 Å². The van der Waals surface area contributed by atoms with Crippen LogP contribution in [-0.2, 0) is 4.74 Å². The van der Waals surface area contributed by atoms with Crippen molar-refractivity contribution in [3.8, 4) is 5.75 Å². The van der Waals surface area contributed by atoms with Crippen molar-refractivity contribution in [2.45, 2.75) is 13.3 Å². The number of anilines is 1. The molecular weight excluding hydrogens is 256 g/mol. The van der Waals surface area contributed by atoms with Gasteiger partial charge >= 0.3 is 0 Å². The van der Waals surface area contributed by atoms with Gasteiger partial charge in [-0.05, 0) is 31.5 Å². The van der Waals surface area contributed by atoms with Crippen LogP contribution in [0.2, 0.25) is 0 Å². The summed E-state index contributed by atoms with van der Waals surface area (Å²) in [6, 6.07) is 5.15. The third-order valence-corrected chi connectivity index (χ3v) is 3.65. The summed E-state index contributed by atoms with van der Waals surface area (Å²) in [5.41, 5.74) is 6.92. The van der Waals surface area contributed by atoms with Crippen molar-refractivity contribution >= 4 is 11.6 Å². The number of methoxy groups -OCH3 is 1. The van der Waals surface area contributed by atoms with Crippen LogP contribution in [0.3, 0.4) is 0 Å². The van der Waals surface area contributed by atoms with Gasteiger partial charge < -0.3 is 20.1 Å². The molecule has 1 atom stereocenters. The van der Waals surface area contributed by atoms with Gasteiger partial charge in [-0.25, -0.2) is 0 Å². The van der Waals surface area contributed by atoms with Crippen LogP contribution >= 0.6 is 0 Å². The van der Waals surface area contributed by atoms with Crippen LogP contribution in [0.1, 0.15) is 23.7 Å². The molecule has 1 amide bonds. The van der Waals surface area contributed by atoms with E-state index in [1.165, 1.54) is 0 Å². The normalized spacial score (nSPS) is 18.0. The van der Waals surface area contributed by atoms with Crippen LogP contribution in [-0.4, -0.2) is 44.2 Å². The lowest BCUT2D eigenvalue weighted by Crippen LogP contribution is -2.35. The van der Waals surface area contributed by atoms with E-state index in [-0.39, 0.29) is 5.91 Å². The van der Waals surface area contributed by atoms with E-state index in [1.807, 2.05) is 11.8 Å². The van der Waals surface area contributed by atoms with Gasteiger partial charge in [0.1, 0.15) is 5.75 Å². The minimum Gasteiger partial charge on any atom is -0.495 e. The molecule has 0 aromatic heterocycles. The number of nitrogens with zero attached hydrogens (tertiary/aromatic N) is 1. The first-order chi connectivity index (χ1) is 9.65. The maximum absolute atomic E-state index is 12.5. The first kappa shape index (κ1) is 14.7. The van der Waals surface area contributed by atoms with E-state index in [2.05, 4.69) is 0 Å². The number of hydrogen-bond donors (Lipinski definition) is 1. The first-order valence-electron chi connectivity index (χ1n) is 6.96. The van der Waals surface area contributed by atoms with Gasteiger partial charge in [0, 0.05) is 31.2 Å².